The second-order valence-corrected chi connectivity index (χ2v) is 4.22. The maximum absolute atomic E-state index is 10.1. The minimum atomic E-state index is -0.918. The molecule has 5 N–H and O–H groups in total. The predicted molar refractivity (Wildman–Crippen MR) is 40.0 cm³/mol. The molecule has 0 heterocycles. The van der Waals surface area contributed by atoms with Crippen molar-refractivity contribution in [3.05, 3.63) is 0 Å². The van der Waals surface area contributed by atoms with E-state index in [0.717, 1.165) is 5.32 Å². The van der Waals surface area contributed by atoms with Crippen LogP contribution in [-0.4, -0.2) is 38.6 Å². The number of aliphatic carboxylic acids is 1. The number of rotatable bonds is 5. The normalized spacial score (nSPS) is 13.0. The van der Waals surface area contributed by atoms with Crippen LogP contribution in [-0.2, 0) is 4.79 Å². The van der Waals surface area contributed by atoms with Crippen molar-refractivity contribution >= 4 is 20.9 Å². The van der Waals surface area contributed by atoms with Gasteiger partial charge >= 0.3 is 65.5 Å². The van der Waals surface area contributed by atoms with Gasteiger partial charge in [-0.05, 0) is 0 Å². The summed E-state index contributed by atoms with van der Waals surface area (Å²) in [6.07, 6.45) is 0. The van der Waals surface area contributed by atoms with Crippen LogP contribution < -0.4 is 11.5 Å². The van der Waals surface area contributed by atoms with Crippen molar-refractivity contribution in [2.45, 2.75) is 16.7 Å². The van der Waals surface area contributed by atoms with Gasteiger partial charge in [0.2, 0.25) is 0 Å². The first-order valence-electron chi connectivity index (χ1n) is 2.94. The fourth-order valence-corrected chi connectivity index (χ4v) is 1.90. The first-order valence-corrected chi connectivity index (χ1v) is 5.37. The van der Waals surface area contributed by atoms with E-state index in [-0.39, 0.29) is 0 Å². The van der Waals surface area contributed by atoms with Crippen LogP contribution in [0.5, 0.6) is 0 Å². The van der Waals surface area contributed by atoms with Gasteiger partial charge < -0.3 is 0 Å². The molecule has 60 valence electrons. The summed E-state index contributed by atoms with van der Waals surface area (Å²) in [4.78, 5) is 10.1. The summed E-state index contributed by atoms with van der Waals surface area (Å²) < 4.78 is 0. The van der Waals surface area contributed by atoms with Gasteiger partial charge in [-0.15, -0.1) is 0 Å². The molecule has 0 aliphatic rings. The molecule has 0 radical (unpaired) electrons. The van der Waals surface area contributed by atoms with Gasteiger partial charge in [0, 0.05) is 0 Å². The fraction of sp³-hybridized carbons (Fsp3) is 0.800. The molecule has 0 aromatic rings. The summed E-state index contributed by atoms with van der Waals surface area (Å²) in [5.74, 6) is -0.918. The summed E-state index contributed by atoms with van der Waals surface area (Å²) in [5.41, 5.74) is 10.5. The minimum absolute atomic E-state index is 0.298. The van der Waals surface area contributed by atoms with E-state index >= 15 is 0 Å². The van der Waals surface area contributed by atoms with Crippen LogP contribution in [0.15, 0.2) is 0 Å². The summed E-state index contributed by atoms with van der Waals surface area (Å²) in [6.45, 7) is 0.631. The van der Waals surface area contributed by atoms with E-state index < -0.39 is 12.0 Å². The zero-order valence-corrected chi connectivity index (χ0v) is 7.33. The van der Waals surface area contributed by atoms with Crippen molar-refractivity contribution in [1.29, 1.82) is 0 Å². The van der Waals surface area contributed by atoms with Crippen molar-refractivity contribution in [2.24, 2.45) is 11.5 Å². The topological polar surface area (TPSA) is 89.3 Å². The standard InChI is InChI=1S/C5H12N2O2Se/c6-1-2-10-3-4(7)5(8)9/h4H,1-3,6-7H2,(H,8,9). The third kappa shape index (κ3) is 4.76. The van der Waals surface area contributed by atoms with Crippen molar-refractivity contribution in [2.75, 3.05) is 6.54 Å². The molecule has 0 saturated heterocycles. The molecule has 0 aromatic heterocycles. The van der Waals surface area contributed by atoms with Crippen LogP contribution in [0.2, 0.25) is 10.6 Å². The molecule has 0 fully saturated rings. The van der Waals surface area contributed by atoms with Gasteiger partial charge in [-0.2, -0.15) is 0 Å². The molecule has 5 heteroatoms. The summed E-state index contributed by atoms with van der Waals surface area (Å²) in [5, 5.41) is 9.83. The number of carboxylic acids is 1. The van der Waals surface area contributed by atoms with Gasteiger partial charge in [-0.3, -0.25) is 0 Å². The second-order valence-electron chi connectivity index (χ2n) is 1.81. The summed E-state index contributed by atoms with van der Waals surface area (Å²) >= 11 is 0.298. The fourth-order valence-electron chi connectivity index (χ4n) is 0.365. The molecule has 0 bridgehead atoms. The molecule has 0 aromatic carbocycles. The van der Waals surface area contributed by atoms with Crippen molar-refractivity contribution in [3.8, 4) is 0 Å². The van der Waals surface area contributed by atoms with Crippen molar-refractivity contribution in [3.63, 3.8) is 0 Å². The van der Waals surface area contributed by atoms with Gasteiger partial charge in [0.25, 0.3) is 0 Å². The van der Waals surface area contributed by atoms with Gasteiger partial charge in [-0.25, -0.2) is 0 Å². The predicted octanol–water partition coefficient (Wildman–Crippen LogP) is -1.10. The molecule has 1 unspecified atom stereocenters. The Kier molecular flexibility index (Phi) is 5.62. The molecule has 0 rings (SSSR count). The molecule has 0 aliphatic heterocycles. The van der Waals surface area contributed by atoms with E-state index in [1.165, 1.54) is 0 Å². The van der Waals surface area contributed by atoms with Crippen LogP contribution in [0.25, 0.3) is 0 Å². The molecular weight excluding hydrogens is 199 g/mol. The average molecular weight is 211 g/mol. The summed E-state index contributed by atoms with van der Waals surface area (Å²) in [7, 11) is 0. The van der Waals surface area contributed by atoms with Crippen molar-refractivity contribution in [1.82, 2.24) is 0 Å². The SMILES string of the molecule is NCC[Se]CC(N)C(=O)O. The Morgan fingerprint density at radius 3 is 2.70 bits per heavy atom. The number of carboxylic acid groups (broad SMARTS) is 1. The van der Waals surface area contributed by atoms with Crippen LogP contribution in [0.4, 0.5) is 0 Å². The van der Waals surface area contributed by atoms with Gasteiger partial charge in [0.05, 0.1) is 0 Å². The maximum atomic E-state index is 10.1. The monoisotopic (exact) mass is 212 g/mol. The van der Waals surface area contributed by atoms with E-state index in [9.17, 15) is 4.79 Å². The quantitative estimate of drug-likeness (QED) is 0.397. The molecule has 0 amide bonds. The van der Waals surface area contributed by atoms with E-state index in [0.29, 0.717) is 26.8 Å². The number of hydrogen-bond donors (Lipinski definition) is 3. The van der Waals surface area contributed by atoms with Crippen LogP contribution in [0.1, 0.15) is 0 Å². The third-order valence-electron chi connectivity index (χ3n) is 0.877. The molecule has 4 nitrogen and oxygen atoms in total. The second kappa shape index (κ2) is 5.68. The Bertz CT molecular complexity index is 110. The van der Waals surface area contributed by atoms with Gasteiger partial charge in [0.1, 0.15) is 0 Å². The average Bonchev–Trinajstić information content (AvgIpc) is 1.88. The van der Waals surface area contributed by atoms with Crippen molar-refractivity contribution < 1.29 is 9.90 Å². The van der Waals surface area contributed by atoms with Gasteiger partial charge in [-0.1, -0.05) is 0 Å². The Morgan fingerprint density at radius 1 is 1.70 bits per heavy atom. The molecule has 0 saturated carbocycles. The first-order chi connectivity index (χ1) is 4.68. The Morgan fingerprint density at radius 2 is 2.30 bits per heavy atom. The number of hydrogen-bond acceptors (Lipinski definition) is 3. The van der Waals surface area contributed by atoms with E-state index in [1.54, 1.807) is 0 Å². The summed E-state index contributed by atoms with van der Waals surface area (Å²) in [6, 6.07) is -0.688. The van der Waals surface area contributed by atoms with Crippen LogP contribution in [0.3, 0.4) is 0 Å². The van der Waals surface area contributed by atoms with Crippen LogP contribution >= 0.6 is 0 Å². The molecule has 0 aliphatic carbocycles. The van der Waals surface area contributed by atoms with E-state index in [1.807, 2.05) is 0 Å². The molecule has 0 spiro atoms. The molecule has 10 heavy (non-hydrogen) atoms. The number of nitrogens with two attached hydrogens (primary N) is 2. The Balaban J connectivity index is 3.21. The molecular formula is C5H12N2O2Se. The van der Waals surface area contributed by atoms with Gasteiger partial charge in [0.15, 0.2) is 0 Å². The molecule has 1 atom stereocenters. The van der Waals surface area contributed by atoms with E-state index in [4.69, 9.17) is 16.6 Å². The Labute approximate surface area is 66.1 Å². The number of carbonyl (C=O) groups is 1. The van der Waals surface area contributed by atoms with Crippen LogP contribution in [0, 0.1) is 0 Å². The zero-order valence-electron chi connectivity index (χ0n) is 5.62. The zero-order chi connectivity index (χ0) is 7.98. The third-order valence-corrected chi connectivity index (χ3v) is 3.22. The Hall–Kier alpha value is -0.0905. The first kappa shape index (κ1) is 9.91. The van der Waals surface area contributed by atoms with E-state index in [2.05, 4.69) is 0 Å².